The summed E-state index contributed by atoms with van der Waals surface area (Å²) < 4.78 is 0.959. The van der Waals surface area contributed by atoms with Crippen molar-refractivity contribution in [2.45, 2.75) is 0 Å². The molecule has 6 nitrogen and oxygen atoms in total. The summed E-state index contributed by atoms with van der Waals surface area (Å²) in [5.41, 5.74) is 1.33. The number of aromatic amines is 2. The van der Waals surface area contributed by atoms with Crippen LogP contribution in [-0.4, -0.2) is 15.2 Å². The van der Waals surface area contributed by atoms with Gasteiger partial charge in [-0.1, -0.05) is 34.1 Å². The predicted molar refractivity (Wildman–Crippen MR) is 83.0 cm³/mol. The molecule has 0 aliphatic carbocycles. The van der Waals surface area contributed by atoms with E-state index in [4.69, 9.17) is 0 Å². The average molecular weight is 344 g/mol. The second-order valence-electron chi connectivity index (χ2n) is 4.20. The van der Waals surface area contributed by atoms with Gasteiger partial charge in [-0.2, -0.15) is 0 Å². The molecule has 3 aromatic rings. The Hall–Kier alpha value is -2.54. The molecule has 1 aromatic carbocycles. The summed E-state index contributed by atoms with van der Waals surface area (Å²) in [6.07, 6.45) is 1.62. The molecule has 0 radical (unpaired) electrons. The zero-order valence-corrected chi connectivity index (χ0v) is 12.3. The van der Waals surface area contributed by atoms with Crippen LogP contribution in [0.3, 0.4) is 0 Å². The Morgan fingerprint density at radius 3 is 2.52 bits per heavy atom. The highest BCUT2D eigenvalue weighted by molar-refractivity contribution is 9.10. The molecule has 0 aliphatic rings. The van der Waals surface area contributed by atoms with Crippen LogP contribution in [0.2, 0.25) is 0 Å². The summed E-state index contributed by atoms with van der Waals surface area (Å²) in [7, 11) is 0. The Morgan fingerprint density at radius 1 is 1.00 bits per heavy atom. The molecule has 21 heavy (non-hydrogen) atoms. The van der Waals surface area contributed by atoms with E-state index in [0.717, 1.165) is 10.0 Å². The van der Waals surface area contributed by atoms with Gasteiger partial charge in [-0.15, -0.1) is 10.2 Å². The third-order valence-corrected chi connectivity index (χ3v) is 3.32. The number of benzene rings is 1. The van der Waals surface area contributed by atoms with Crippen LogP contribution in [0.1, 0.15) is 0 Å². The van der Waals surface area contributed by atoms with Gasteiger partial charge in [0, 0.05) is 16.2 Å². The van der Waals surface area contributed by atoms with Crippen LogP contribution in [-0.2, 0) is 0 Å². The summed E-state index contributed by atoms with van der Waals surface area (Å²) in [6.45, 7) is 0. The fourth-order valence-corrected chi connectivity index (χ4v) is 2.05. The quantitative estimate of drug-likeness (QED) is 0.705. The molecule has 104 valence electrons. The minimum atomic E-state index is -0.326. The lowest BCUT2D eigenvalue weighted by molar-refractivity contribution is 1.06. The molecule has 2 N–H and O–H groups in total. The molecular formula is C14H10BrN5O. The zero-order chi connectivity index (χ0) is 14.7. The van der Waals surface area contributed by atoms with E-state index in [1.807, 2.05) is 24.3 Å². The number of H-pyrrole nitrogens is 2. The van der Waals surface area contributed by atoms with Gasteiger partial charge < -0.3 is 0 Å². The lowest BCUT2D eigenvalue weighted by Crippen LogP contribution is -1.96. The van der Waals surface area contributed by atoms with Gasteiger partial charge in [0.05, 0.1) is 5.69 Å². The van der Waals surface area contributed by atoms with Gasteiger partial charge in [-0.3, -0.25) is 15.0 Å². The van der Waals surface area contributed by atoms with Gasteiger partial charge in [0.2, 0.25) is 0 Å². The molecule has 7 heteroatoms. The Bertz CT molecular complexity index is 821. The molecule has 0 spiro atoms. The average Bonchev–Trinajstić information content (AvgIpc) is 2.88. The summed E-state index contributed by atoms with van der Waals surface area (Å²) in [4.78, 5) is 15.9. The first-order valence-corrected chi connectivity index (χ1v) is 6.93. The van der Waals surface area contributed by atoms with Crippen molar-refractivity contribution in [3.8, 4) is 11.3 Å². The zero-order valence-electron chi connectivity index (χ0n) is 10.7. The first-order valence-electron chi connectivity index (χ1n) is 6.13. The van der Waals surface area contributed by atoms with Crippen molar-refractivity contribution >= 4 is 27.4 Å². The van der Waals surface area contributed by atoms with Crippen molar-refractivity contribution in [3.63, 3.8) is 0 Å². The maximum atomic E-state index is 11.8. The maximum Gasteiger partial charge on any atom is 0.292 e. The van der Waals surface area contributed by atoms with Crippen molar-refractivity contribution in [1.29, 1.82) is 0 Å². The van der Waals surface area contributed by atoms with E-state index in [9.17, 15) is 4.79 Å². The third-order valence-electron chi connectivity index (χ3n) is 2.79. The highest BCUT2D eigenvalue weighted by atomic mass is 79.9. The number of rotatable bonds is 3. The molecular weight excluding hydrogens is 334 g/mol. The summed E-state index contributed by atoms with van der Waals surface area (Å²) in [5, 5.41) is 13.3. The monoisotopic (exact) mass is 343 g/mol. The molecule has 0 aliphatic heterocycles. The minimum absolute atomic E-state index is 0.225. The third kappa shape index (κ3) is 2.97. The number of hydrogen-bond acceptors (Lipinski definition) is 4. The number of hydrogen-bond donors (Lipinski definition) is 2. The van der Waals surface area contributed by atoms with Crippen LogP contribution in [0.4, 0.5) is 11.5 Å². The lowest BCUT2D eigenvalue weighted by atomic mass is 10.1. The van der Waals surface area contributed by atoms with Crippen molar-refractivity contribution in [3.05, 3.63) is 63.5 Å². The number of nitrogens with zero attached hydrogens (tertiary/aromatic N) is 3. The van der Waals surface area contributed by atoms with Crippen molar-refractivity contribution in [1.82, 2.24) is 15.2 Å². The van der Waals surface area contributed by atoms with E-state index in [1.165, 1.54) is 0 Å². The Morgan fingerprint density at radius 2 is 1.81 bits per heavy atom. The molecule has 3 rings (SSSR count). The summed E-state index contributed by atoms with van der Waals surface area (Å²) in [6, 6.07) is 12.8. The SMILES string of the molecule is O=c1[nH][nH]c(-c2ccc(Br)cc2)c1N=Nc1ccccn1. The Balaban J connectivity index is 2.00. The number of pyridine rings is 1. The van der Waals surface area contributed by atoms with E-state index in [0.29, 0.717) is 11.5 Å². The van der Waals surface area contributed by atoms with Gasteiger partial charge in [-0.05, 0) is 24.3 Å². The smallest absolute Gasteiger partial charge is 0.292 e. The highest BCUT2D eigenvalue weighted by Gasteiger charge is 2.11. The van der Waals surface area contributed by atoms with E-state index in [2.05, 4.69) is 41.3 Å². The molecule has 2 heterocycles. The first kappa shape index (κ1) is 13.4. The van der Waals surface area contributed by atoms with Crippen LogP contribution >= 0.6 is 15.9 Å². The normalized spacial score (nSPS) is 11.1. The maximum absolute atomic E-state index is 11.8. The number of azo groups is 1. The molecule has 0 saturated carbocycles. The largest absolute Gasteiger partial charge is 0.295 e. The van der Waals surface area contributed by atoms with Gasteiger partial charge in [-0.25, -0.2) is 4.98 Å². The van der Waals surface area contributed by atoms with Crippen molar-refractivity contribution < 1.29 is 0 Å². The van der Waals surface area contributed by atoms with Crippen LogP contribution in [0.15, 0.2) is 68.2 Å². The second kappa shape index (κ2) is 5.84. The number of nitrogens with one attached hydrogen (secondary N) is 2. The van der Waals surface area contributed by atoms with Gasteiger partial charge in [0.25, 0.3) is 5.56 Å². The molecule has 0 amide bonds. The minimum Gasteiger partial charge on any atom is -0.295 e. The number of aromatic nitrogens is 3. The van der Waals surface area contributed by atoms with Gasteiger partial charge in [0.15, 0.2) is 11.5 Å². The summed E-state index contributed by atoms with van der Waals surface area (Å²) >= 11 is 3.37. The first-order chi connectivity index (χ1) is 10.2. The molecule has 2 aromatic heterocycles. The molecule has 0 fully saturated rings. The second-order valence-corrected chi connectivity index (χ2v) is 5.11. The van der Waals surface area contributed by atoms with E-state index >= 15 is 0 Å². The Kier molecular flexibility index (Phi) is 3.74. The van der Waals surface area contributed by atoms with Crippen molar-refractivity contribution in [2.24, 2.45) is 10.2 Å². The topological polar surface area (TPSA) is 86.3 Å². The molecule has 0 atom stereocenters. The van der Waals surface area contributed by atoms with Crippen LogP contribution in [0.25, 0.3) is 11.3 Å². The van der Waals surface area contributed by atoms with Crippen LogP contribution in [0, 0.1) is 0 Å². The lowest BCUT2D eigenvalue weighted by Gasteiger charge is -1.98. The standard InChI is InChI=1S/C14H10BrN5O/c15-10-6-4-9(5-7-10)12-13(14(21)20-18-12)19-17-11-3-1-2-8-16-11/h1-8H,(H2,18,20,21). The number of halogens is 1. The van der Waals surface area contributed by atoms with E-state index < -0.39 is 0 Å². The van der Waals surface area contributed by atoms with Crippen LogP contribution < -0.4 is 5.56 Å². The molecule has 0 unspecified atom stereocenters. The highest BCUT2D eigenvalue weighted by Crippen LogP contribution is 2.27. The fraction of sp³-hybridized carbons (Fsp3) is 0. The van der Waals surface area contributed by atoms with Gasteiger partial charge in [0.1, 0.15) is 0 Å². The molecule has 0 bridgehead atoms. The van der Waals surface area contributed by atoms with E-state index in [-0.39, 0.29) is 11.2 Å². The van der Waals surface area contributed by atoms with Gasteiger partial charge >= 0.3 is 0 Å². The molecule has 0 saturated heterocycles. The Labute approximate surface area is 128 Å². The van der Waals surface area contributed by atoms with E-state index in [1.54, 1.807) is 24.4 Å². The fourth-order valence-electron chi connectivity index (χ4n) is 1.79. The van der Waals surface area contributed by atoms with Crippen molar-refractivity contribution in [2.75, 3.05) is 0 Å². The summed E-state index contributed by atoms with van der Waals surface area (Å²) in [5.74, 6) is 0.444. The van der Waals surface area contributed by atoms with Crippen LogP contribution in [0.5, 0.6) is 0 Å². The predicted octanol–water partition coefficient (Wildman–Crippen LogP) is 3.94.